The predicted octanol–water partition coefficient (Wildman–Crippen LogP) is 3.26. The largest absolute Gasteiger partial charge is 0.379 e. The summed E-state index contributed by atoms with van der Waals surface area (Å²) < 4.78 is 10.2. The molecule has 0 unspecified atom stereocenters. The third-order valence-electron chi connectivity index (χ3n) is 3.93. The Morgan fingerprint density at radius 1 is 0.591 bits per heavy atom. The molecule has 2 heterocycles. The van der Waals surface area contributed by atoms with E-state index in [1.165, 1.54) is 38.5 Å². The lowest BCUT2D eigenvalue weighted by atomic mass is 10.1. The molecule has 0 aromatic heterocycles. The molecule has 2 rings (SSSR count). The first-order chi connectivity index (χ1) is 10.7. The van der Waals surface area contributed by atoms with Gasteiger partial charge in [0, 0.05) is 26.2 Å². The Labute approximate surface area is 139 Å². The van der Waals surface area contributed by atoms with Gasteiger partial charge in [-0.1, -0.05) is 52.4 Å². The van der Waals surface area contributed by atoms with Crippen molar-refractivity contribution in [3.8, 4) is 0 Å². The Bertz CT molecular complexity index is 181. The van der Waals surface area contributed by atoms with Gasteiger partial charge in [0.2, 0.25) is 0 Å². The third-order valence-corrected chi connectivity index (χ3v) is 3.93. The molecule has 22 heavy (non-hydrogen) atoms. The molecule has 0 N–H and O–H groups in total. The Hall–Kier alpha value is -0.160. The van der Waals surface area contributed by atoms with E-state index < -0.39 is 0 Å². The fourth-order valence-electron chi connectivity index (χ4n) is 2.16. The zero-order valence-corrected chi connectivity index (χ0v) is 15.6. The molecular weight excluding hydrogens is 276 g/mol. The van der Waals surface area contributed by atoms with Crippen LogP contribution in [0.5, 0.6) is 0 Å². The van der Waals surface area contributed by atoms with E-state index >= 15 is 0 Å². The summed E-state index contributed by atoms with van der Waals surface area (Å²) in [6, 6.07) is 0. The van der Waals surface area contributed by atoms with E-state index in [1.54, 1.807) is 0 Å². The molecule has 2 aliphatic rings. The summed E-state index contributed by atoms with van der Waals surface area (Å²) in [7, 11) is 4.23. The van der Waals surface area contributed by atoms with Gasteiger partial charge in [0.05, 0.1) is 26.4 Å². The first-order valence-corrected chi connectivity index (χ1v) is 9.23. The molecule has 0 aromatic rings. The first-order valence-electron chi connectivity index (χ1n) is 9.23. The van der Waals surface area contributed by atoms with E-state index in [2.05, 4.69) is 37.7 Å². The number of likely N-dealkylation sites (N-methyl/N-ethyl adjacent to an activating group) is 2. The molecule has 2 fully saturated rings. The average Bonchev–Trinajstić information content (AvgIpc) is 2.54. The Morgan fingerprint density at radius 2 is 0.909 bits per heavy atom. The Kier molecular flexibility index (Phi) is 17.1. The van der Waals surface area contributed by atoms with Crippen LogP contribution in [0.2, 0.25) is 0 Å². The van der Waals surface area contributed by atoms with Gasteiger partial charge in [0.25, 0.3) is 0 Å². The number of rotatable bonds is 5. The minimum absolute atomic E-state index is 0.913. The number of hydrogen-bond acceptors (Lipinski definition) is 4. The monoisotopic (exact) mass is 316 g/mol. The lowest BCUT2D eigenvalue weighted by molar-refractivity contribution is 0.0502. The standard InChI is InChI=1S/C8H18.2C5H11NO/c1-3-5-7-8-6-4-2;2*1-6-2-4-7-5-3-6/h3-8H2,1-2H3;2*2-5H2,1H3. The van der Waals surface area contributed by atoms with Crippen molar-refractivity contribution in [1.29, 1.82) is 0 Å². The predicted molar refractivity (Wildman–Crippen MR) is 95.7 cm³/mol. The minimum atomic E-state index is 0.913. The summed E-state index contributed by atoms with van der Waals surface area (Å²) in [4.78, 5) is 4.53. The van der Waals surface area contributed by atoms with Crippen LogP contribution >= 0.6 is 0 Å². The first kappa shape index (κ1) is 21.8. The van der Waals surface area contributed by atoms with E-state index in [1.807, 2.05) is 0 Å². The fraction of sp³-hybridized carbons (Fsp3) is 1.00. The lowest BCUT2D eigenvalue weighted by Gasteiger charge is -2.21. The number of morpholine rings is 2. The highest BCUT2D eigenvalue weighted by atomic mass is 16.5. The molecule has 0 saturated carbocycles. The fourth-order valence-corrected chi connectivity index (χ4v) is 2.16. The van der Waals surface area contributed by atoms with Gasteiger partial charge < -0.3 is 19.3 Å². The van der Waals surface area contributed by atoms with E-state index in [4.69, 9.17) is 9.47 Å². The number of nitrogens with zero attached hydrogens (tertiary/aromatic N) is 2. The van der Waals surface area contributed by atoms with Crippen LogP contribution in [0, 0.1) is 0 Å². The van der Waals surface area contributed by atoms with Gasteiger partial charge in [-0.2, -0.15) is 0 Å². The van der Waals surface area contributed by atoms with Gasteiger partial charge in [0.15, 0.2) is 0 Å². The summed E-state index contributed by atoms with van der Waals surface area (Å²) in [6.07, 6.45) is 8.49. The normalized spacial score (nSPS) is 19.6. The zero-order chi connectivity index (χ0) is 16.5. The van der Waals surface area contributed by atoms with Crippen LogP contribution in [0.25, 0.3) is 0 Å². The van der Waals surface area contributed by atoms with Crippen LogP contribution in [0.3, 0.4) is 0 Å². The molecule has 4 heteroatoms. The van der Waals surface area contributed by atoms with Gasteiger partial charge in [-0.3, -0.25) is 0 Å². The smallest absolute Gasteiger partial charge is 0.0594 e. The van der Waals surface area contributed by atoms with E-state index in [-0.39, 0.29) is 0 Å². The van der Waals surface area contributed by atoms with E-state index in [0.29, 0.717) is 0 Å². The number of ether oxygens (including phenoxy) is 2. The van der Waals surface area contributed by atoms with Crippen molar-refractivity contribution >= 4 is 0 Å². The van der Waals surface area contributed by atoms with Crippen molar-refractivity contribution in [3.05, 3.63) is 0 Å². The zero-order valence-electron chi connectivity index (χ0n) is 15.6. The summed E-state index contributed by atoms with van der Waals surface area (Å²) in [5.74, 6) is 0. The number of unbranched alkanes of at least 4 members (excludes halogenated alkanes) is 5. The van der Waals surface area contributed by atoms with Gasteiger partial charge in [-0.15, -0.1) is 0 Å². The van der Waals surface area contributed by atoms with Crippen molar-refractivity contribution in [3.63, 3.8) is 0 Å². The van der Waals surface area contributed by atoms with Crippen LogP contribution in [-0.2, 0) is 9.47 Å². The molecular formula is C18H40N2O2. The maximum atomic E-state index is 5.10. The molecule has 0 aromatic carbocycles. The summed E-state index contributed by atoms with van der Waals surface area (Å²) in [5, 5.41) is 0. The van der Waals surface area contributed by atoms with E-state index in [9.17, 15) is 0 Å². The quantitative estimate of drug-likeness (QED) is 0.727. The lowest BCUT2D eigenvalue weighted by Crippen LogP contribution is -2.32. The molecule has 2 aliphatic heterocycles. The highest BCUT2D eigenvalue weighted by molar-refractivity contribution is 4.54. The molecule has 0 spiro atoms. The van der Waals surface area contributed by atoms with Gasteiger partial charge in [-0.05, 0) is 14.1 Å². The van der Waals surface area contributed by atoms with Crippen LogP contribution in [-0.4, -0.2) is 76.5 Å². The average molecular weight is 317 g/mol. The maximum absolute atomic E-state index is 5.10. The SMILES string of the molecule is CCCCCCCC.CN1CCOCC1.CN1CCOCC1. The molecule has 2 saturated heterocycles. The highest BCUT2D eigenvalue weighted by Gasteiger charge is 2.02. The molecule has 0 amide bonds. The summed E-state index contributed by atoms with van der Waals surface area (Å²) in [5.41, 5.74) is 0. The second-order valence-corrected chi connectivity index (χ2v) is 6.25. The topological polar surface area (TPSA) is 24.9 Å². The van der Waals surface area contributed by atoms with E-state index in [0.717, 1.165) is 52.6 Å². The van der Waals surface area contributed by atoms with Crippen molar-refractivity contribution in [1.82, 2.24) is 9.80 Å². The van der Waals surface area contributed by atoms with Crippen molar-refractivity contribution < 1.29 is 9.47 Å². The Morgan fingerprint density at radius 3 is 1.09 bits per heavy atom. The van der Waals surface area contributed by atoms with Gasteiger partial charge in [-0.25, -0.2) is 0 Å². The van der Waals surface area contributed by atoms with Crippen molar-refractivity contribution in [2.24, 2.45) is 0 Å². The van der Waals surface area contributed by atoms with Crippen LogP contribution in [0.4, 0.5) is 0 Å². The van der Waals surface area contributed by atoms with Gasteiger partial charge >= 0.3 is 0 Å². The second-order valence-electron chi connectivity index (χ2n) is 6.25. The summed E-state index contributed by atoms with van der Waals surface area (Å²) >= 11 is 0. The molecule has 0 bridgehead atoms. The maximum Gasteiger partial charge on any atom is 0.0594 e. The highest BCUT2D eigenvalue weighted by Crippen LogP contribution is 2.03. The minimum Gasteiger partial charge on any atom is -0.379 e. The molecule has 0 atom stereocenters. The van der Waals surface area contributed by atoms with Crippen molar-refractivity contribution in [2.45, 2.75) is 52.4 Å². The van der Waals surface area contributed by atoms with Gasteiger partial charge in [0.1, 0.15) is 0 Å². The molecule has 0 aliphatic carbocycles. The van der Waals surface area contributed by atoms with Crippen LogP contribution in [0.1, 0.15) is 52.4 Å². The molecule has 4 nitrogen and oxygen atoms in total. The molecule has 134 valence electrons. The summed E-state index contributed by atoms with van der Waals surface area (Å²) in [6.45, 7) is 12.6. The number of hydrogen-bond donors (Lipinski definition) is 0. The van der Waals surface area contributed by atoms with Crippen LogP contribution < -0.4 is 0 Å². The van der Waals surface area contributed by atoms with Crippen molar-refractivity contribution in [2.75, 3.05) is 66.7 Å². The molecule has 0 radical (unpaired) electrons. The van der Waals surface area contributed by atoms with Crippen LogP contribution in [0.15, 0.2) is 0 Å². The third kappa shape index (κ3) is 16.2. The second kappa shape index (κ2) is 17.2. The Balaban J connectivity index is 0.000000301.